The van der Waals surface area contributed by atoms with E-state index >= 15 is 0 Å². The summed E-state index contributed by atoms with van der Waals surface area (Å²) in [5.41, 5.74) is 0.335. The number of piperidine rings is 1. The summed E-state index contributed by atoms with van der Waals surface area (Å²) in [5.74, 6) is 1.15. The van der Waals surface area contributed by atoms with Gasteiger partial charge in [-0.2, -0.15) is 4.31 Å². The molecule has 0 aliphatic carbocycles. The van der Waals surface area contributed by atoms with E-state index in [1.807, 2.05) is 30.3 Å². The summed E-state index contributed by atoms with van der Waals surface area (Å²) in [4.78, 5) is 15.3. The number of halogens is 1. The van der Waals surface area contributed by atoms with Crippen molar-refractivity contribution in [1.29, 1.82) is 0 Å². The zero-order chi connectivity index (χ0) is 27.2. The Labute approximate surface area is 230 Å². The summed E-state index contributed by atoms with van der Waals surface area (Å²) >= 11 is 6.02. The van der Waals surface area contributed by atoms with Gasteiger partial charge < -0.3 is 14.4 Å². The van der Waals surface area contributed by atoms with Crippen LogP contribution in [0.2, 0.25) is 5.02 Å². The molecule has 1 amide bonds. The fraction of sp³-hybridized carbons (Fsp3) is 0.345. The Balaban J connectivity index is 1.56. The summed E-state index contributed by atoms with van der Waals surface area (Å²) in [6.45, 7) is 1.24. The minimum Gasteiger partial charge on any atom is -0.497 e. The van der Waals surface area contributed by atoms with E-state index in [9.17, 15) is 13.2 Å². The summed E-state index contributed by atoms with van der Waals surface area (Å²) in [5, 5.41) is 0.596. The maximum atomic E-state index is 13.6. The highest BCUT2D eigenvalue weighted by atomic mass is 35.5. The van der Waals surface area contributed by atoms with Gasteiger partial charge in [-0.25, -0.2) is 8.42 Å². The second-order valence-corrected chi connectivity index (χ2v) is 12.1. The number of hydrogen-bond donors (Lipinski definition) is 0. The highest BCUT2D eigenvalue weighted by Crippen LogP contribution is 2.37. The normalized spacial score (nSPS) is 18.1. The third-order valence-electron chi connectivity index (χ3n) is 6.90. The van der Waals surface area contributed by atoms with Crippen LogP contribution in [0.15, 0.2) is 83.8 Å². The van der Waals surface area contributed by atoms with E-state index in [-0.39, 0.29) is 30.4 Å². The summed E-state index contributed by atoms with van der Waals surface area (Å²) in [6.07, 6.45) is 1.45. The fourth-order valence-electron chi connectivity index (χ4n) is 4.75. The van der Waals surface area contributed by atoms with E-state index in [1.54, 1.807) is 60.5 Å². The van der Waals surface area contributed by atoms with Crippen LogP contribution in [-0.2, 0) is 21.4 Å². The molecule has 0 saturated carbocycles. The second kappa shape index (κ2) is 12.2. The van der Waals surface area contributed by atoms with Crippen LogP contribution in [0.5, 0.6) is 11.5 Å². The van der Waals surface area contributed by atoms with Crippen molar-refractivity contribution in [1.82, 2.24) is 9.21 Å². The number of amides is 1. The average molecular weight is 557 g/mol. The van der Waals surface area contributed by atoms with E-state index in [1.165, 1.54) is 11.4 Å². The Morgan fingerprint density at radius 1 is 1.00 bits per heavy atom. The average Bonchev–Trinajstić information content (AvgIpc) is 2.93. The van der Waals surface area contributed by atoms with Crippen LogP contribution >= 0.6 is 11.6 Å². The van der Waals surface area contributed by atoms with Gasteiger partial charge in [-0.3, -0.25) is 4.79 Å². The molecule has 3 aromatic rings. The number of carbonyl (C=O) groups excluding carboxylic acids is 1. The van der Waals surface area contributed by atoms with Crippen molar-refractivity contribution in [2.45, 2.75) is 30.7 Å². The highest BCUT2D eigenvalue weighted by molar-refractivity contribution is 7.89. The lowest BCUT2D eigenvalue weighted by molar-refractivity contribution is -0.134. The largest absolute Gasteiger partial charge is 0.497 e. The van der Waals surface area contributed by atoms with Gasteiger partial charge in [0, 0.05) is 43.5 Å². The fourth-order valence-corrected chi connectivity index (χ4v) is 6.46. The van der Waals surface area contributed by atoms with E-state index < -0.39 is 15.4 Å². The molecule has 0 spiro atoms. The molecule has 0 radical (unpaired) electrons. The van der Waals surface area contributed by atoms with Gasteiger partial charge in [0.15, 0.2) is 0 Å². The number of ether oxygens (including phenoxy) is 2. The molecule has 1 fully saturated rings. The summed E-state index contributed by atoms with van der Waals surface area (Å²) in [7, 11) is -0.459. The Morgan fingerprint density at radius 3 is 2.32 bits per heavy atom. The number of sulfonamides is 1. The van der Waals surface area contributed by atoms with Crippen molar-refractivity contribution in [3.63, 3.8) is 0 Å². The van der Waals surface area contributed by atoms with E-state index in [2.05, 4.69) is 0 Å². The van der Waals surface area contributed by atoms with Crippen molar-refractivity contribution in [3.05, 3.63) is 89.4 Å². The minimum atomic E-state index is -3.77. The van der Waals surface area contributed by atoms with Gasteiger partial charge in [-0.05, 0) is 66.9 Å². The van der Waals surface area contributed by atoms with Crippen LogP contribution in [-0.4, -0.2) is 57.4 Å². The SMILES string of the molecule is COc1ccc(S(=O)(=O)N2CCCC(COc3ccc(Cl)cc3)(CC(=O)N(C)Cc3ccccc3)C2)cc1. The maximum absolute atomic E-state index is 13.6. The standard InChI is InChI=1S/C29H33ClN2O5S/c1-31(20-23-7-4-3-5-8-23)28(33)19-29(22-37-26-11-9-24(30)10-12-26)17-6-18-32(21-29)38(34,35)27-15-13-25(36-2)14-16-27/h3-5,7-16H,6,17-22H2,1-2H3. The molecule has 7 nitrogen and oxygen atoms in total. The molecule has 1 aliphatic heterocycles. The quantitative estimate of drug-likeness (QED) is 0.341. The number of rotatable bonds is 10. The molecule has 1 unspecified atom stereocenters. The molecule has 0 aromatic heterocycles. The monoisotopic (exact) mass is 556 g/mol. The second-order valence-electron chi connectivity index (χ2n) is 9.77. The predicted molar refractivity (Wildman–Crippen MR) is 148 cm³/mol. The zero-order valence-electron chi connectivity index (χ0n) is 21.7. The van der Waals surface area contributed by atoms with E-state index in [0.29, 0.717) is 42.5 Å². The molecular formula is C29H33ClN2O5S. The molecule has 1 atom stereocenters. The Hall–Kier alpha value is -3.07. The minimum absolute atomic E-state index is 0.0581. The highest BCUT2D eigenvalue weighted by Gasteiger charge is 2.43. The van der Waals surface area contributed by atoms with Gasteiger partial charge in [0.1, 0.15) is 11.5 Å². The van der Waals surface area contributed by atoms with Crippen molar-refractivity contribution < 1.29 is 22.7 Å². The van der Waals surface area contributed by atoms with Gasteiger partial charge in [0.05, 0.1) is 18.6 Å². The van der Waals surface area contributed by atoms with Crippen LogP contribution < -0.4 is 9.47 Å². The summed E-state index contributed by atoms with van der Waals surface area (Å²) < 4.78 is 40.0. The first-order chi connectivity index (χ1) is 18.2. The first-order valence-corrected chi connectivity index (χ1v) is 14.3. The van der Waals surface area contributed by atoms with Crippen molar-refractivity contribution >= 4 is 27.5 Å². The molecule has 38 heavy (non-hydrogen) atoms. The molecule has 0 N–H and O–H groups in total. The molecule has 1 saturated heterocycles. The lowest BCUT2D eigenvalue weighted by Crippen LogP contribution is -2.50. The van der Waals surface area contributed by atoms with Gasteiger partial charge in [0.25, 0.3) is 0 Å². The zero-order valence-corrected chi connectivity index (χ0v) is 23.2. The van der Waals surface area contributed by atoms with Gasteiger partial charge in [-0.1, -0.05) is 41.9 Å². The number of nitrogens with zero attached hydrogens (tertiary/aromatic N) is 2. The molecular weight excluding hydrogens is 524 g/mol. The first-order valence-electron chi connectivity index (χ1n) is 12.5. The topological polar surface area (TPSA) is 76.1 Å². The molecule has 9 heteroatoms. The van der Waals surface area contributed by atoms with Gasteiger partial charge in [-0.15, -0.1) is 0 Å². The predicted octanol–water partition coefficient (Wildman–Crippen LogP) is 5.25. The Bertz CT molecular complexity index is 1320. The van der Waals surface area contributed by atoms with Crippen LogP contribution in [0, 0.1) is 5.41 Å². The van der Waals surface area contributed by atoms with Crippen molar-refractivity contribution in [3.8, 4) is 11.5 Å². The number of benzene rings is 3. The lowest BCUT2D eigenvalue weighted by Gasteiger charge is -2.42. The van der Waals surface area contributed by atoms with E-state index in [4.69, 9.17) is 21.1 Å². The van der Waals surface area contributed by atoms with Crippen LogP contribution in [0.1, 0.15) is 24.8 Å². The van der Waals surface area contributed by atoms with Crippen LogP contribution in [0.25, 0.3) is 0 Å². The molecule has 4 rings (SSSR count). The molecule has 0 bridgehead atoms. The van der Waals surface area contributed by atoms with Crippen LogP contribution in [0.3, 0.4) is 0 Å². The molecule has 1 heterocycles. The first kappa shape index (κ1) is 28.0. The van der Waals surface area contributed by atoms with Gasteiger partial charge in [0.2, 0.25) is 15.9 Å². The maximum Gasteiger partial charge on any atom is 0.243 e. The van der Waals surface area contributed by atoms with E-state index in [0.717, 1.165) is 5.56 Å². The number of hydrogen-bond acceptors (Lipinski definition) is 5. The van der Waals surface area contributed by atoms with Gasteiger partial charge >= 0.3 is 0 Å². The third-order valence-corrected chi connectivity index (χ3v) is 9.01. The number of carbonyl (C=O) groups is 1. The lowest BCUT2D eigenvalue weighted by atomic mass is 9.78. The molecule has 3 aromatic carbocycles. The van der Waals surface area contributed by atoms with Crippen LogP contribution in [0.4, 0.5) is 0 Å². The van der Waals surface area contributed by atoms with Crippen molar-refractivity contribution in [2.24, 2.45) is 5.41 Å². The Morgan fingerprint density at radius 2 is 1.66 bits per heavy atom. The number of methoxy groups -OCH3 is 1. The molecule has 1 aliphatic rings. The Kier molecular flexibility index (Phi) is 8.97. The summed E-state index contributed by atoms with van der Waals surface area (Å²) in [6, 6.07) is 23.2. The molecule has 202 valence electrons. The third kappa shape index (κ3) is 6.87. The van der Waals surface area contributed by atoms with Crippen molar-refractivity contribution in [2.75, 3.05) is 33.9 Å². The smallest absolute Gasteiger partial charge is 0.243 e.